The van der Waals surface area contributed by atoms with Crippen LogP contribution in [0.2, 0.25) is 0 Å². The van der Waals surface area contributed by atoms with Gasteiger partial charge in [-0.15, -0.1) is 11.6 Å². The molecule has 0 saturated carbocycles. The lowest BCUT2D eigenvalue weighted by Crippen LogP contribution is -2.04. The quantitative estimate of drug-likeness (QED) is 0.347. The van der Waals surface area contributed by atoms with Crippen LogP contribution >= 0.6 is 11.6 Å². The summed E-state index contributed by atoms with van der Waals surface area (Å²) in [6, 6.07) is 14.8. The van der Waals surface area contributed by atoms with Gasteiger partial charge in [0.25, 0.3) is 0 Å². The van der Waals surface area contributed by atoms with E-state index in [0.717, 1.165) is 17.4 Å². The van der Waals surface area contributed by atoms with Gasteiger partial charge in [0, 0.05) is 17.8 Å². The highest BCUT2D eigenvalue weighted by molar-refractivity contribution is 6.17. The first-order valence-electron chi connectivity index (χ1n) is 10.1. The number of hydrogen-bond acceptors (Lipinski definition) is 7. The van der Waals surface area contributed by atoms with Crippen molar-refractivity contribution in [1.29, 1.82) is 0 Å². The van der Waals surface area contributed by atoms with Gasteiger partial charge in [-0.05, 0) is 42.0 Å². The molecule has 0 aliphatic rings. The van der Waals surface area contributed by atoms with Crippen molar-refractivity contribution >= 4 is 28.6 Å². The lowest BCUT2D eigenvalue weighted by molar-refractivity contribution is -0.0530. The maximum atomic E-state index is 12.4. The molecular weight excluding hydrogens is 464 g/mol. The van der Waals surface area contributed by atoms with Gasteiger partial charge >= 0.3 is 6.61 Å². The first-order chi connectivity index (χ1) is 16.5. The molecule has 0 unspecified atom stereocenters. The fraction of sp³-hybridized carbons (Fsp3) is 0.0870. The Labute approximate surface area is 197 Å². The Bertz CT molecular complexity index is 1460. The van der Waals surface area contributed by atoms with E-state index >= 15 is 0 Å². The standard InChI is InChI=1S/C23H16ClF2N7O/c24-10-13-3-5-14(6-4-13)33-21(15-2-1-9-28-20(15)27)32-17-8-7-16(31-22(17)33)18-11-30-19(12-29-18)34-23(25)26/h1-9,11-12,23H,10H2,(H2,27,28). The Balaban J connectivity index is 1.68. The molecule has 0 bridgehead atoms. The van der Waals surface area contributed by atoms with E-state index in [1.165, 1.54) is 6.20 Å². The molecule has 0 radical (unpaired) electrons. The van der Waals surface area contributed by atoms with Crippen LogP contribution in [0.4, 0.5) is 14.6 Å². The van der Waals surface area contributed by atoms with Gasteiger partial charge in [0.15, 0.2) is 11.5 Å². The second-order valence-corrected chi connectivity index (χ2v) is 7.43. The van der Waals surface area contributed by atoms with Crippen LogP contribution in [0.1, 0.15) is 5.56 Å². The Hall–Kier alpha value is -4.18. The first kappa shape index (κ1) is 21.7. The molecule has 11 heteroatoms. The molecule has 0 aliphatic heterocycles. The van der Waals surface area contributed by atoms with Gasteiger partial charge in [-0.2, -0.15) is 8.78 Å². The number of fused-ring (bicyclic) bond motifs is 1. The summed E-state index contributed by atoms with van der Waals surface area (Å²) in [6.07, 6.45) is 4.05. The number of alkyl halides is 3. The Morgan fingerprint density at radius 2 is 1.76 bits per heavy atom. The van der Waals surface area contributed by atoms with Crippen molar-refractivity contribution in [1.82, 2.24) is 29.5 Å². The molecule has 0 saturated heterocycles. The smallest absolute Gasteiger partial charge is 0.388 e. The van der Waals surface area contributed by atoms with Gasteiger partial charge in [0.05, 0.1) is 23.7 Å². The van der Waals surface area contributed by atoms with E-state index in [1.807, 2.05) is 34.9 Å². The lowest BCUT2D eigenvalue weighted by atomic mass is 10.2. The number of nitrogens with two attached hydrogens (primary N) is 1. The van der Waals surface area contributed by atoms with E-state index in [1.54, 1.807) is 24.4 Å². The number of ether oxygens (including phenoxy) is 1. The molecule has 0 amide bonds. The predicted molar refractivity (Wildman–Crippen MR) is 124 cm³/mol. The van der Waals surface area contributed by atoms with Gasteiger partial charge in [-0.3, -0.25) is 4.57 Å². The normalized spacial score (nSPS) is 11.3. The monoisotopic (exact) mass is 479 g/mol. The number of hydrogen-bond donors (Lipinski definition) is 1. The second kappa shape index (κ2) is 8.99. The van der Waals surface area contributed by atoms with Gasteiger partial charge in [0.1, 0.15) is 17.0 Å². The fourth-order valence-electron chi connectivity index (χ4n) is 3.47. The minimum absolute atomic E-state index is 0.279. The van der Waals surface area contributed by atoms with Crippen molar-refractivity contribution < 1.29 is 13.5 Å². The molecule has 1 aromatic carbocycles. The summed E-state index contributed by atoms with van der Waals surface area (Å²) in [5.41, 5.74) is 10.6. The highest BCUT2D eigenvalue weighted by atomic mass is 35.5. The topological polar surface area (TPSA) is 105 Å². The number of rotatable bonds is 6. The number of aromatic nitrogens is 6. The van der Waals surface area contributed by atoms with Crippen LogP contribution in [0.3, 0.4) is 0 Å². The lowest BCUT2D eigenvalue weighted by Gasteiger charge is -2.11. The molecule has 2 N–H and O–H groups in total. The second-order valence-electron chi connectivity index (χ2n) is 7.16. The highest BCUT2D eigenvalue weighted by Gasteiger charge is 2.19. The van der Waals surface area contributed by atoms with Crippen molar-refractivity contribution in [2.45, 2.75) is 12.5 Å². The summed E-state index contributed by atoms with van der Waals surface area (Å²) >= 11 is 5.95. The van der Waals surface area contributed by atoms with Gasteiger partial charge in [0.2, 0.25) is 5.88 Å². The van der Waals surface area contributed by atoms with Crippen LogP contribution in [0, 0.1) is 0 Å². The van der Waals surface area contributed by atoms with E-state index < -0.39 is 6.61 Å². The van der Waals surface area contributed by atoms with E-state index in [0.29, 0.717) is 45.6 Å². The first-order valence-corrected chi connectivity index (χ1v) is 10.6. The summed E-state index contributed by atoms with van der Waals surface area (Å²) in [6.45, 7) is -2.98. The molecule has 34 heavy (non-hydrogen) atoms. The molecule has 4 heterocycles. The maximum Gasteiger partial charge on any atom is 0.388 e. The van der Waals surface area contributed by atoms with Crippen molar-refractivity contribution in [2.75, 3.05) is 5.73 Å². The summed E-state index contributed by atoms with van der Waals surface area (Å²) < 4.78 is 31.0. The van der Waals surface area contributed by atoms with Gasteiger partial charge in [-0.25, -0.2) is 24.9 Å². The van der Waals surface area contributed by atoms with E-state index in [2.05, 4.69) is 19.7 Å². The van der Waals surface area contributed by atoms with Crippen LogP contribution in [0.25, 0.3) is 39.6 Å². The largest absolute Gasteiger partial charge is 0.415 e. The number of imidazole rings is 1. The highest BCUT2D eigenvalue weighted by Crippen LogP contribution is 2.31. The van der Waals surface area contributed by atoms with Gasteiger partial charge < -0.3 is 10.5 Å². The van der Waals surface area contributed by atoms with E-state index in [4.69, 9.17) is 27.3 Å². The van der Waals surface area contributed by atoms with Crippen LogP contribution in [0.5, 0.6) is 5.88 Å². The number of nitrogen functional groups attached to an aromatic ring is 1. The molecule has 4 aromatic heterocycles. The molecule has 0 fully saturated rings. The fourth-order valence-corrected chi connectivity index (χ4v) is 3.64. The number of halogens is 3. The zero-order valence-corrected chi connectivity index (χ0v) is 18.2. The molecule has 0 spiro atoms. The molecule has 5 aromatic rings. The van der Waals surface area contributed by atoms with Crippen molar-refractivity contribution in [3.05, 3.63) is 72.7 Å². The third-order valence-corrected chi connectivity index (χ3v) is 5.34. The zero-order valence-electron chi connectivity index (χ0n) is 17.4. The summed E-state index contributed by atoms with van der Waals surface area (Å²) in [5.74, 6) is 1.01. The number of anilines is 1. The zero-order chi connectivity index (χ0) is 23.7. The summed E-state index contributed by atoms with van der Waals surface area (Å²) in [7, 11) is 0. The SMILES string of the molecule is Nc1ncccc1-c1nc2ccc(-c3cnc(OC(F)F)cn3)nc2n1-c1ccc(CCl)cc1. The summed E-state index contributed by atoms with van der Waals surface area (Å²) in [5, 5.41) is 0. The average molecular weight is 480 g/mol. The van der Waals surface area contributed by atoms with Crippen molar-refractivity contribution in [2.24, 2.45) is 0 Å². The van der Waals surface area contributed by atoms with E-state index in [9.17, 15) is 8.78 Å². The molecule has 170 valence electrons. The van der Waals surface area contributed by atoms with Crippen molar-refractivity contribution in [3.8, 4) is 34.3 Å². The molecule has 0 aliphatic carbocycles. The maximum absolute atomic E-state index is 12.4. The van der Waals surface area contributed by atoms with Crippen LogP contribution in [0.15, 0.2) is 67.1 Å². The van der Waals surface area contributed by atoms with Crippen molar-refractivity contribution in [3.63, 3.8) is 0 Å². The van der Waals surface area contributed by atoms with Crippen LogP contribution < -0.4 is 10.5 Å². The Morgan fingerprint density at radius 3 is 2.44 bits per heavy atom. The number of nitrogens with zero attached hydrogens (tertiary/aromatic N) is 6. The average Bonchev–Trinajstić information content (AvgIpc) is 3.23. The minimum atomic E-state index is -2.98. The molecule has 5 rings (SSSR count). The molecule has 8 nitrogen and oxygen atoms in total. The predicted octanol–water partition coefficient (Wildman–Crippen LogP) is 4.86. The van der Waals surface area contributed by atoms with Gasteiger partial charge in [-0.1, -0.05) is 12.1 Å². The number of pyridine rings is 2. The third kappa shape index (κ3) is 4.11. The summed E-state index contributed by atoms with van der Waals surface area (Å²) in [4.78, 5) is 21.7. The minimum Gasteiger partial charge on any atom is -0.415 e. The Morgan fingerprint density at radius 1 is 0.941 bits per heavy atom. The van der Waals surface area contributed by atoms with Crippen LogP contribution in [-0.2, 0) is 5.88 Å². The molecular formula is C23H16ClF2N7O. The molecule has 0 atom stereocenters. The number of benzene rings is 1. The Kier molecular flexibility index (Phi) is 5.72. The third-order valence-electron chi connectivity index (χ3n) is 5.03. The van der Waals surface area contributed by atoms with Crippen LogP contribution in [-0.4, -0.2) is 36.1 Å². The van der Waals surface area contributed by atoms with E-state index in [-0.39, 0.29) is 5.88 Å².